The lowest BCUT2D eigenvalue weighted by atomic mass is 10.1. The van der Waals surface area contributed by atoms with Gasteiger partial charge in [0.1, 0.15) is 16.9 Å². The zero-order valence-corrected chi connectivity index (χ0v) is 16.7. The molecule has 0 radical (unpaired) electrons. The van der Waals surface area contributed by atoms with E-state index in [-0.39, 0.29) is 18.3 Å². The monoisotopic (exact) mass is 425 g/mol. The molecule has 1 fully saturated rings. The summed E-state index contributed by atoms with van der Waals surface area (Å²) in [6.07, 6.45) is 4.79. The van der Waals surface area contributed by atoms with Crippen molar-refractivity contribution >= 4 is 23.4 Å². The van der Waals surface area contributed by atoms with E-state index in [0.717, 1.165) is 4.90 Å². The number of carbonyl (C=O) groups is 2. The van der Waals surface area contributed by atoms with Crippen LogP contribution in [-0.2, 0) is 4.74 Å². The molecular weight excluding hydrogens is 403 g/mol. The first-order valence-electron chi connectivity index (χ1n) is 9.32. The average molecular weight is 425 g/mol. The van der Waals surface area contributed by atoms with Crippen LogP contribution in [0.4, 0.5) is 29.3 Å². The van der Waals surface area contributed by atoms with Crippen molar-refractivity contribution in [3.63, 3.8) is 0 Å². The first-order chi connectivity index (χ1) is 14.0. The maximum absolute atomic E-state index is 15.2. The summed E-state index contributed by atoms with van der Waals surface area (Å²) in [6, 6.07) is -0.198. The molecule has 1 aromatic carbocycles. The van der Waals surface area contributed by atoms with E-state index in [2.05, 4.69) is 10.6 Å². The van der Waals surface area contributed by atoms with Gasteiger partial charge >= 0.3 is 12.1 Å². The number of anilines is 2. The Balaban J connectivity index is 1.91. The maximum atomic E-state index is 15.2. The summed E-state index contributed by atoms with van der Waals surface area (Å²) < 4.78 is 49.6. The van der Waals surface area contributed by atoms with Gasteiger partial charge < -0.3 is 20.1 Å². The first kappa shape index (κ1) is 21.5. The van der Waals surface area contributed by atoms with E-state index in [9.17, 15) is 23.5 Å². The Morgan fingerprint density at radius 1 is 1.17 bits per heavy atom. The molecule has 1 aliphatic carbocycles. The molecule has 0 aromatic heterocycles. The van der Waals surface area contributed by atoms with Gasteiger partial charge in [0.2, 0.25) is 0 Å². The molecule has 0 bridgehead atoms. The SMILES string of the molecule is CC(C)(C)OC(=O)NC1=CC=CN(c2c(F)c(F)c(C(=O)O)c(NC3CC3)c2F)C1. The molecule has 3 rings (SSSR count). The molecule has 2 aliphatic rings. The minimum absolute atomic E-state index is 0.196. The second-order valence-electron chi connectivity index (χ2n) is 8.05. The number of carboxylic acid groups (broad SMARTS) is 1. The molecule has 1 aliphatic heterocycles. The molecule has 0 unspecified atom stereocenters. The fourth-order valence-corrected chi connectivity index (χ4v) is 2.89. The predicted molar refractivity (Wildman–Crippen MR) is 104 cm³/mol. The van der Waals surface area contributed by atoms with E-state index in [1.807, 2.05) is 0 Å². The lowest BCUT2D eigenvalue weighted by molar-refractivity contribution is 0.0544. The molecule has 162 valence electrons. The van der Waals surface area contributed by atoms with Crippen molar-refractivity contribution in [2.45, 2.75) is 45.3 Å². The standard InChI is InChI=1S/C20H22F3N3O4/c1-20(2,3)30-19(29)25-11-5-4-8-26(9-11)17-14(22)13(21)12(18(27)28)16(15(17)23)24-10-6-7-10/h4-5,8,10,24H,6-7,9H2,1-3H3,(H,25,29)(H,27,28). The fourth-order valence-electron chi connectivity index (χ4n) is 2.89. The Morgan fingerprint density at radius 2 is 1.83 bits per heavy atom. The summed E-state index contributed by atoms with van der Waals surface area (Å²) in [5, 5.41) is 14.4. The zero-order chi connectivity index (χ0) is 22.2. The smallest absolute Gasteiger partial charge is 0.411 e. The number of alkyl carbamates (subject to hydrolysis) is 1. The molecule has 1 aromatic rings. The number of carbonyl (C=O) groups excluding carboxylic acids is 1. The van der Waals surface area contributed by atoms with Crippen molar-refractivity contribution in [2.75, 3.05) is 16.8 Å². The van der Waals surface area contributed by atoms with Crippen LogP contribution >= 0.6 is 0 Å². The summed E-state index contributed by atoms with van der Waals surface area (Å²) in [5.74, 6) is -6.29. The number of amides is 1. The van der Waals surface area contributed by atoms with Crippen molar-refractivity contribution in [3.8, 4) is 0 Å². The van der Waals surface area contributed by atoms with Crippen molar-refractivity contribution < 1.29 is 32.6 Å². The lowest BCUT2D eigenvalue weighted by Crippen LogP contribution is -2.36. The molecule has 3 N–H and O–H groups in total. The highest BCUT2D eigenvalue weighted by atomic mass is 19.2. The van der Waals surface area contributed by atoms with Crippen LogP contribution in [-0.4, -0.2) is 35.4 Å². The van der Waals surface area contributed by atoms with Crippen LogP contribution in [0.5, 0.6) is 0 Å². The third-order valence-corrected chi connectivity index (χ3v) is 4.29. The molecule has 1 heterocycles. The lowest BCUT2D eigenvalue weighted by Gasteiger charge is -2.28. The number of nitrogens with one attached hydrogen (secondary N) is 2. The molecule has 0 spiro atoms. The van der Waals surface area contributed by atoms with Crippen molar-refractivity contribution in [2.24, 2.45) is 0 Å². The summed E-state index contributed by atoms with van der Waals surface area (Å²) in [5.41, 5.74) is -2.92. The van der Waals surface area contributed by atoms with Crippen LogP contribution in [0.1, 0.15) is 44.0 Å². The highest BCUT2D eigenvalue weighted by molar-refractivity contribution is 5.96. The van der Waals surface area contributed by atoms with Gasteiger partial charge in [-0.05, 0) is 45.8 Å². The highest BCUT2D eigenvalue weighted by Crippen LogP contribution is 2.38. The van der Waals surface area contributed by atoms with Crippen molar-refractivity contribution in [3.05, 3.63) is 47.1 Å². The number of ether oxygens (including phenoxy) is 1. The van der Waals surface area contributed by atoms with Crippen LogP contribution < -0.4 is 15.5 Å². The van der Waals surface area contributed by atoms with Crippen LogP contribution in [0, 0.1) is 17.5 Å². The van der Waals surface area contributed by atoms with Crippen LogP contribution in [0.25, 0.3) is 0 Å². The van der Waals surface area contributed by atoms with E-state index in [1.165, 1.54) is 18.4 Å². The summed E-state index contributed by atoms with van der Waals surface area (Å²) >= 11 is 0. The Bertz CT molecular complexity index is 950. The van der Waals surface area contributed by atoms with Gasteiger partial charge in [-0.1, -0.05) is 0 Å². The van der Waals surface area contributed by atoms with Gasteiger partial charge in [-0.25, -0.2) is 22.8 Å². The first-order valence-corrected chi connectivity index (χ1v) is 9.32. The topological polar surface area (TPSA) is 90.9 Å². The second-order valence-corrected chi connectivity index (χ2v) is 8.05. The average Bonchev–Trinajstić information content (AvgIpc) is 3.42. The van der Waals surface area contributed by atoms with E-state index >= 15 is 4.39 Å². The predicted octanol–water partition coefficient (Wildman–Crippen LogP) is 4.12. The zero-order valence-electron chi connectivity index (χ0n) is 16.7. The number of carboxylic acids is 1. The third kappa shape index (κ3) is 4.69. The number of benzene rings is 1. The van der Waals surface area contributed by atoms with Gasteiger partial charge in [0.15, 0.2) is 17.5 Å². The van der Waals surface area contributed by atoms with E-state index in [1.54, 1.807) is 20.8 Å². The number of nitrogens with zero attached hydrogens (tertiary/aromatic N) is 1. The van der Waals surface area contributed by atoms with E-state index < -0.39 is 52.1 Å². The van der Waals surface area contributed by atoms with E-state index in [0.29, 0.717) is 12.8 Å². The molecule has 7 nitrogen and oxygen atoms in total. The Morgan fingerprint density at radius 3 is 2.40 bits per heavy atom. The Hall–Kier alpha value is -3.17. The summed E-state index contributed by atoms with van der Waals surface area (Å²) in [4.78, 5) is 24.4. The van der Waals surface area contributed by atoms with Crippen LogP contribution in [0.2, 0.25) is 0 Å². The number of halogens is 3. The number of rotatable bonds is 5. The minimum atomic E-state index is -1.78. The number of allylic oxidation sites excluding steroid dienone is 2. The minimum Gasteiger partial charge on any atom is -0.478 e. The fraction of sp³-hybridized carbons (Fsp3) is 0.400. The Labute approximate surface area is 171 Å². The van der Waals surface area contributed by atoms with Gasteiger partial charge in [0.25, 0.3) is 0 Å². The molecule has 0 atom stereocenters. The largest absolute Gasteiger partial charge is 0.478 e. The van der Waals surface area contributed by atoms with Crippen LogP contribution in [0.3, 0.4) is 0 Å². The number of hydrogen-bond acceptors (Lipinski definition) is 5. The number of hydrogen-bond donors (Lipinski definition) is 3. The second kappa shape index (κ2) is 7.92. The summed E-state index contributed by atoms with van der Waals surface area (Å²) in [7, 11) is 0. The highest BCUT2D eigenvalue weighted by Gasteiger charge is 2.34. The van der Waals surface area contributed by atoms with Crippen LogP contribution in [0.15, 0.2) is 24.0 Å². The maximum Gasteiger partial charge on any atom is 0.411 e. The quantitative estimate of drug-likeness (QED) is 0.615. The normalized spacial score (nSPS) is 16.2. The summed E-state index contributed by atoms with van der Waals surface area (Å²) in [6.45, 7) is 4.85. The third-order valence-electron chi connectivity index (χ3n) is 4.29. The molecule has 1 amide bonds. The number of aromatic carboxylic acids is 1. The van der Waals surface area contributed by atoms with Crippen molar-refractivity contribution in [1.82, 2.24) is 5.32 Å². The molecule has 30 heavy (non-hydrogen) atoms. The molecule has 10 heteroatoms. The van der Waals surface area contributed by atoms with Gasteiger partial charge in [-0.2, -0.15) is 0 Å². The van der Waals surface area contributed by atoms with Gasteiger partial charge in [0.05, 0.1) is 12.2 Å². The van der Waals surface area contributed by atoms with Gasteiger partial charge in [-0.3, -0.25) is 5.32 Å². The molecule has 1 saturated carbocycles. The molecular formula is C20H22F3N3O4. The van der Waals surface area contributed by atoms with E-state index in [4.69, 9.17) is 4.74 Å². The van der Waals surface area contributed by atoms with Gasteiger partial charge in [0, 0.05) is 17.9 Å². The van der Waals surface area contributed by atoms with Gasteiger partial charge in [-0.15, -0.1) is 0 Å². The molecule has 0 saturated heterocycles. The Kier molecular flexibility index (Phi) is 5.69. The van der Waals surface area contributed by atoms with Crippen molar-refractivity contribution in [1.29, 1.82) is 0 Å².